The molecule has 0 saturated carbocycles. The number of fused-ring (bicyclic) bond motifs is 4. The normalized spacial score (nSPS) is 19.2. The zero-order valence-electron chi connectivity index (χ0n) is 30.9. The van der Waals surface area contributed by atoms with Gasteiger partial charge in [-0.1, -0.05) is 65.2 Å². The van der Waals surface area contributed by atoms with Crippen molar-refractivity contribution in [3.8, 4) is 0 Å². The van der Waals surface area contributed by atoms with Gasteiger partial charge in [0.25, 0.3) is 11.1 Å². The standard InChI is InChI=1S/C38H66N6O4/c1-5-39-23-15-7-11-19-27-41-33(3)31-36(46)44(37(41)47)30-22-14-10-18-26-40(6-2)24-16-8-12-20-28-42-34(4)32-35(45)43(38(42)48)29-21-13-9-17-25-39/h31-32H,5-30H2,1-4H3. The second-order valence-corrected chi connectivity index (χ2v) is 13.9. The van der Waals surface area contributed by atoms with Gasteiger partial charge in [0.05, 0.1) is 0 Å². The fourth-order valence-corrected chi connectivity index (χ4v) is 7.10. The molecule has 0 radical (unpaired) electrons. The summed E-state index contributed by atoms with van der Waals surface area (Å²) in [6, 6.07) is 3.26. The lowest BCUT2D eigenvalue weighted by Gasteiger charge is -2.20. The molecule has 0 N–H and O–H groups in total. The lowest BCUT2D eigenvalue weighted by Crippen LogP contribution is -2.40. The molecule has 0 saturated heterocycles. The van der Waals surface area contributed by atoms with E-state index in [0.717, 1.165) is 153 Å². The van der Waals surface area contributed by atoms with Crippen LogP contribution >= 0.6 is 0 Å². The second kappa shape index (κ2) is 22.1. The minimum atomic E-state index is -0.172. The topological polar surface area (TPSA) is 94.5 Å². The summed E-state index contributed by atoms with van der Waals surface area (Å²) in [6.07, 6.45) is 16.7. The maximum Gasteiger partial charge on any atom is 0.331 e. The molecule has 0 amide bonds. The Bertz CT molecular complexity index is 1350. The molecule has 2 aromatic heterocycles. The van der Waals surface area contributed by atoms with Crippen LogP contribution in [0.2, 0.25) is 0 Å². The third-order valence-corrected chi connectivity index (χ3v) is 10.3. The fraction of sp³-hybridized carbons (Fsp3) is 0.789. The van der Waals surface area contributed by atoms with Crippen LogP contribution < -0.4 is 22.5 Å². The van der Waals surface area contributed by atoms with Gasteiger partial charge in [0.1, 0.15) is 0 Å². The highest BCUT2D eigenvalue weighted by atomic mass is 16.2. The van der Waals surface area contributed by atoms with Crippen LogP contribution in [0.25, 0.3) is 0 Å². The molecule has 10 heteroatoms. The minimum absolute atomic E-state index is 0.150. The third-order valence-electron chi connectivity index (χ3n) is 10.3. The average molecular weight is 671 g/mol. The monoisotopic (exact) mass is 671 g/mol. The van der Waals surface area contributed by atoms with Crippen LogP contribution in [0.1, 0.15) is 128 Å². The van der Waals surface area contributed by atoms with Crippen molar-refractivity contribution in [2.24, 2.45) is 0 Å². The Morgan fingerprint density at radius 1 is 0.396 bits per heavy atom. The highest BCUT2D eigenvalue weighted by molar-refractivity contribution is 5.01. The number of aryl methyl sites for hydroxylation is 2. The smallest absolute Gasteiger partial charge is 0.304 e. The van der Waals surface area contributed by atoms with Crippen molar-refractivity contribution in [1.82, 2.24) is 28.1 Å². The average Bonchev–Trinajstić information content (AvgIpc) is 3.06. The van der Waals surface area contributed by atoms with Crippen molar-refractivity contribution in [3.63, 3.8) is 0 Å². The van der Waals surface area contributed by atoms with Crippen LogP contribution in [0.5, 0.6) is 0 Å². The number of hydrogen-bond donors (Lipinski definition) is 0. The zero-order valence-corrected chi connectivity index (χ0v) is 30.9. The van der Waals surface area contributed by atoms with E-state index >= 15 is 0 Å². The summed E-state index contributed by atoms with van der Waals surface area (Å²) in [5.74, 6) is 0. The SMILES string of the molecule is CCN1CCCCCCn2c(C)cc(=O)n(c2=O)CCCCCCN(CC)CCCCCCn2c(C)cc(=O)n(c2=O)CCCCCC1. The molecule has 272 valence electrons. The van der Waals surface area contributed by atoms with E-state index in [1.807, 2.05) is 13.8 Å². The molecule has 0 unspecified atom stereocenters. The van der Waals surface area contributed by atoms with Gasteiger partial charge in [-0.25, -0.2) is 9.59 Å². The van der Waals surface area contributed by atoms with E-state index in [0.29, 0.717) is 26.2 Å². The predicted octanol–water partition coefficient (Wildman–Crippen LogP) is 5.55. The molecule has 0 aliphatic carbocycles. The van der Waals surface area contributed by atoms with Gasteiger partial charge in [-0.15, -0.1) is 0 Å². The van der Waals surface area contributed by atoms with Gasteiger partial charge in [-0.05, 0) is 104 Å². The molecule has 4 bridgehead atoms. The third kappa shape index (κ3) is 13.0. The van der Waals surface area contributed by atoms with Crippen molar-refractivity contribution < 1.29 is 0 Å². The fourth-order valence-electron chi connectivity index (χ4n) is 7.10. The van der Waals surface area contributed by atoms with Gasteiger partial charge < -0.3 is 9.80 Å². The molecule has 1 aliphatic heterocycles. The molecule has 0 spiro atoms. The first-order chi connectivity index (χ1) is 23.3. The van der Waals surface area contributed by atoms with Gasteiger partial charge in [-0.2, -0.15) is 0 Å². The van der Waals surface area contributed by atoms with Crippen LogP contribution in [0.15, 0.2) is 31.3 Å². The molecular formula is C38H66N6O4. The summed E-state index contributed by atoms with van der Waals surface area (Å²) >= 11 is 0. The van der Waals surface area contributed by atoms with Gasteiger partial charge in [0.15, 0.2) is 0 Å². The second-order valence-electron chi connectivity index (χ2n) is 13.9. The van der Waals surface area contributed by atoms with Gasteiger partial charge in [0.2, 0.25) is 0 Å². The molecule has 1 aliphatic rings. The van der Waals surface area contributed by atoms with Crippen molar-refractivity contribution in [1.29, 1.82) is 0 Å². The van der Waals surface area contributed by atoms with Crippen LogP contribution in [0.4, 0.5) is 0 Å². The van der Waals surface area contributed by atoms with Crippen LogP contribution in [-0.4, -0.2) is 67.3 Å². The summed E-state index contributed by atoms with van der Waals surface area (Å²) in [4.78, 5) is 56.8. The molecular weight excluding hydrogens is 604 g/mol. The van der Waals surface area contributed by atoms with E-state index in [2.05, 4.69) is 23.6 Å². The summed E-state index contributed by atoms with van der Waals surface area (Å²) in [5.41, 5.74) is 0.879. The lowest BCUT2D eigenvalue weighted by atomic mass is 10.1. The molecule has 48 heavy (non-hydrogen) atoms. The molecule has 0 aromatic carbocycles. The van der Waals surface area contributed by atoms with Crippen molar-refractivity contribution in [2.45, 2.75) is 157 Å². The van der Waals surface area contributed by atoms with Crippen LogP contribution in [0.3, 0.4) is 0 Å². The molecule has 10 nitrogen and oxygen atoms in total. The maximum atomic E-state index is 13.2. The number of aromatic nitrogens is 4. The van der Waals surface area contributed by atoms with Crippen LogP contribution in [0, 0.1) is 13.8 Å². The molecule has 0 fully saturated rings. The van der Waals surface area contributed by atoms with Gasteiger partial charge >= 0.3 is 11.4 Å². The Morgan fingerprint density at radius 3 is 0.917 bits per heavy atom. The van der Waals surface area contributed by atoms with Gasteiger partial charge in [0, 0.05) is 49.7 Å². The van der Waals surface area contributed by atoms with E-state index in [4.69, 9.17) is 0 Å². The highest BCUT2D eigenvalue weighted by Gasteiger charge is 2.11. The number of rotatable bonds is 2. The van der Waals surface area contributed by atoms with Crippen LogP contribution in [-0.2, 0) is 26.2 Å². The molecule has 3 heterocycles. The first-order valence-electron chi connectivity index (χ1n) is 19.3. The predicted molar refractivity (Wildman–Crippen MR) is 197 cm³/mol. The van der Waals surface area contributed by atoms with E-state index in [-0.39, 0.29) is 22.5 Å². The van der Waals surface area contributed by atoms with E-state index in [1.165, 1.54) is 9.13 Å². The van der Waals surface area contributed by atoms with E-state index in [1.54, 1.807) is 21.3 Å². The number of hydrogen-bond acceptors (Lipinski definition) is 6. The Balaban J connectivity index is 1.58. The Morgan fingerprint density at radius 2 is 0.646 bits per heavy atom. The summed E-state index contributed by atoms with van der Waals surface area (Å²) < 4.78 is 6.49. The Labute approximate surface area is 288 Å². The quantitative estimate of drug-likeness (QED) is 0.416. The van der Waals surface area contributed by atoms with Crippen molar-refractivity contribution in [3.05, 3.63) is 65.2 Å². The lowest BCUT2D eigenvalue weighted by molar-refractivity contribution is 0.272. The van der Waals surface area contributed by atoms with Crippen molar-refractivity contribution >= 4 is 0 Å². The molecule has 2 aromatic rings. The molecule has 0 atom stereocenters. The summed E-state index contributed by atoms with van der Waals surface area (Å²) in [5, 5.41) is 0. The van der Waals surface area contributed by atoms with E-state index < -0.39 is 0 Å². The minimum Gasteiger partial charge on any atom is -0.304 e. The largest absolute Gasteiger partial charge is 0.331 e. The Kier molecular flexibility index (Phi) is 18.3. The first kappa shape index (κ1) is 39.7. The Hall–Kier alpha value is -2.72. The van der Waals surface area contributed by atoms with Crippen molar-refractivity contribution in [2.75, 3.05) is 39.3 Å². The number of nitrogens with zero attached hydrogens (tertiary/aromatic N) is 6. The van der Waals surface area contributed by atoms with Gasteiger partial charge in [-0.3, -0.25) is 27.9 Å². The highest BCUT2D eigenvalue weighted by Crippen LogP contribution is 2.09. The summed E-state index contributed by atoms with van der Waals surface area (Å²) in [6.45, 7) is 16.9. The molecule has 3 rings (SSSR count). The first-order valence-corrected chi connectivity index (χ1v) is 19.3. The maximum absolute atomic E-state index is 13.2. The van der Waals surface area contributed by atoms with E-state index in [9.17, 15) is 19.2 Å². The summed E-state index contributed by atoms with van der Waals surface area (Å²) in [7, 11) is 0. The zero-order chi connectivity index (χ0) is 34.7.